The van der Waals surface area contributed by atoms with Crippen molar-refractivity contribution in [1.82, 2.24) is 4.90 Å². The molecule has 0 aliphatic heterocycles. The highest BCUT2D eigenvalue weighted by atomic mass is 16.5. The molecule has 0 fully saturated rings. The maximum Gasteiger partial charge on any atom is 0.321 e. The van der Waals surface area contributed by atoms with Crippen molar-refractivity contribution < 1.29 is 14.3 Å². The van der Waals surface area contributed by atoms with Crippen molar-refractivity contribution >= 4 is 17.7 Å². The van der Waals surface area contributed by atoms with Gasteiger partial charge in [0.15, 0.2) is 0 Å². The molecule has 2 amide bonds. The van der Waals surface area contributed by atoms with Gasteiger partial charge in [0, 0.05) is 19.3 Å². The average molecular weight is 275 g/mol. The summed E-state index contributed by atoms with van der Waals surface area (Å²) in [5.74, 6) is -0.328. The van der Waals surface area contributed by atoms with E-state index in [0.29, 0.717) is 17.9 Å². The first-order valence-electron chi connectivity index (χ1n) is 6.24. The number of urea groups is 1. The van der Waals surface area contributed by atoms with Crippen LogP contribution in [0.1, 0.15) is 18.9 Å². The second-order valence-corrected chi connectivity index (χ2v) is 4.10. The number of nitrogens with one attached hydrogen (secondary N) is 1. The molecular weight excluding hydrogens is 258 g/mol. The standard InChI is InChI=1S/C14H17N3O3/c1-3-20-13(18)8-9-17(2)14(19)16-12-6-4-11(10-15)5-7-12/h4-7H,3,8-9H2,1-2H3,(H,16,19). The Morgan fingerprint density at radius 3 is 2.55 bits per heavy atom. The Labute approximate surface area is 117 Å². The topological polar surface area (TPSA) is 82.4 Å². The van der Waals surface area contributed by atoms with E-state index in [4.69, 9.17) is 10.00 Å². The fraction of sp³-hybridized carbons (Fsp3) is 0.357. The van der Waals surface area contributed by atoms with Crippen LogP contribution in [0.3, 0.4) is 0 Å². The van der Waals surface area contributed by atoms with Gasteiger partial charge in [0.25, 0.3) is 0 Å². The average Bonchev–Trinajstić information content (AvgIpc) is 2.45. The number of hydrogen-bond acceptors (Lipinski definition) is 4. The second kappa shape index (κ2) is 7.79. The summed E-state index contributed by atoms with van der Waals surface area (Å²) in [4.78, 5) is 24.4. The van der Waals surface area contributed by atoms with Crippen molar-refractivity contribution in [3.63, 3.8) is 0 Å². The van der Waals surface area contributed by atoms with Crippen LogP contribution in [0.5, 0.6) is 0 Å². The van der Waals surface area contributed by atoms with E-state index in [1.54, 1.807) is 38.2 Å². The highest BCUT2D eigenvalue weighted by Crippen LogP contribution is 2.09. The summed E-state index contributed by atoms with van der Waals surface area (Å²) in [6.45, 7) is 2.35. The SMILES string of the molecule is CCOC(=O)CCN(C)C(=O)Nc1ccc(C#N)cc1. The summed E-state index contributed by atoms with van der Waals surface area (Å²) >= 11 is 0. The zero-order valence-electron chi connectivity index (χ0n) is 11.5. The molecule has 0 saturated heterocycles. The number of amides is 2. The zero-order valence-corrected chi connectivity index (χ0v) is 11.5. The number of esters is 1. The van der Waals surface area contributed by atoms with Crippen LogP contribution in [-0.2, 0) is 9.53 Å². The van der Waals surface area contributed by atoms with Crippen LogP contribution in [0, 0.1) is 11.3 Å². The van der Waals surface area contributed by atoms with Gasteiger partial charge in [-0.2, -0.15) is 5.26 Å². The fourth-order valence-corrected chi connectivity index (χ4v) is 1.44. The van der Waals surface area contributed by atoms with Crippen LogP contribution in [0.25, 0.3) is 0 Å². The molecule has 0 heterocycles. The summed E-state index contributed by atoms with van der Waals surface area (Å²) < 4.78 is 4.79. The Hall–Kier alpha value is -2.55. The van der Waals surface area contributed by atoms with E-state index < -0.39 is 0 Å². The molecule has 0 aliphatic rings. The lowest BCUT2D eigenvalue weighted by Gasteiger charge is -2.17. The first-order valence-corrected chi connectivity index (χ1v) is 6.24. The Morgan fingerprint density at radius 2 is 2.00 bits per heavy atom. The van der Waals surface area contributed by atoms with E-state index in [2.05, 4.69) is 5.32 Å². The first kappa shape index (κ1) is 15.5. The highest BCUT2D eigenvalue weighted by Gasteiger charge is 2.11. The maximum atomic E-state index is 11.8. The molecule has 0 atom stereocenters. The van der Waals surface area contributed by atoms with Crippen LogP contribution in [0.2, 0.25) is 0 Å². The molecule has 1 N–H and O–H groups in total. The molecule has 1 aromatic carbocycles. The largest absolute Gasteiger partial charge is 0.466 e. The van der Waals surface area contributed by atoms with Gasteiger partial charge < -0.3 is 15.0 Å². The van der Waals surface area contributed by atoms with Crippen molar-refractivity contribution in [2.45, 2.75) is 13.3 Å². The Bertz CT molecular complexity index is 505. The van der Waals surface area contributed by atoms with Crippen molar-refractivity contribution in [3.8, 4) is 6.07 Å². The first-order chi connectivity index (χ1) is 9.56. The maximum absolute atomic E-state index is 11.8. The molecule has 0 unspecified atom stereocenters. The number of benzene rings is 1. The van der Waals surface area contributed by atoms with Gasteiger partial charge >= 0.3 is 12.0 Å². The van der Waals surface area contributed by atoms with Crippen LogP contribution < -0.4 is 5.32 Å². The minimum Gasteiger partial charge on any atom is -0.466 e. The Balaban J connectivity index is 2.44. The van der Waals surface area contributed by atoms with Gasteiger partial charge in [0.2, 0.25) is 0 Å². The van der Waals surface area contributed by atoms with E-state index in [-0.39, 0.29) is 25.0 Å². The van der Waals surface area contributed by atoms with Crippen LogP contribution in [0.4, 0.5) is 10.5 Å². The molecule has 0 bridgehead atoms. The van der Waals surface area contributed by atoms with Gasteiger partial charge in [-0.1, -0.05) is 0 Å². The molecular formula is C14H17N3O3. The number of rotatable bonds is 5. The molecule has 6 nitrogen and oxygen atoms in total. The number of carbonyl (C=O) groups excluding carboxylic acids is 2. The van der Waals surface area contributed by atoms with Gasteiger partial charge in [0.05, 0.1) is 24.7 Å². The lowest BCUT2D eigenvalue weighted by molar-refractivity contribution is -0.143. The van der Waals surface area contributed by atoms with Gasteiger partial charge in [-0.25, -0.2) is 4.79 Å². The van der Waals surface area contributed by atoms with Crippen molar-refractivity contribution in [3.05, 3.63) is 29.8 Å². The number of hydrogen-bond donors (Lipinski definition) is 1. The molecule has 106 valence electrons. The normalized spacial score (nSPS) is 9.45. The fourth-order valence-electron chi connectivity index (χ4n) is 1.44. The molecule has 1 rings (SSSR count). The summed E-state index contributed by atoms with van der Waals surface area (Å²) in [6.07, 6.45) is 0.158. The van der Waals surface area contributed by atoms with Crippen LogP contribution >= 0.6 is 0 Å². The number of carbonyl (C=O) groups is 2. The third-order valence-corrected chi connectivity index (χ3v) is 2.57. The number of anilines is 1. The van der Waals surface area contributed by atoms with Crippen LogP contribution in [-0.4, -0.2) is 37.1 Å². The third kappa shape index (κ3) is 4.98. The summed E-state index contributed by atoms with van der Waals surface area (Å²) in [5, 5.41) is 11.3. The summed E-state index contributed by atoms with van der Waals surface area (Å²) in [7, 11) is 1.60. The van der Waals surface area contributed by atoms with Gasteiger partial charge in [0.1, 0.15) is 0 Å². The third-order valence-electron chi connectivity index (χ3n) is 2.57. The lowest BCUT2D eigenvalue weighted by atomic mass is 10.2. The molecule has 20 heavy (non-hydrogen) atoms. The molecule has 0 radical (unpaired) electrons. The van der Waals surface area contributed by atoms with Crippen molar-refractivity contribution in [2.75, 3.05) is 25.5 Å². The summed E-state index contributed by atoms with van der Waals surface area (Å²) in [5.41, 5.74) is 1.12. The minimum absolute atomic E-state index is 0.158. The van der Waals surface area contributed by atoms with E-state index in [1.807, 2.05) is 6.07 Å². The van der Waals surface area contributed by atoms with E-state index in [0.717, 1.165) is 0 Å². The number of nitrogens with zero attached hydrogens (tertiary/aromatic N) is 2. The Morgan fingerprint density at radius 1 is 1.35 bits per heavy atom. The second-order valence-electron chi connectivity index (χ2n) is 4.10. The predicted molar refractivity (Wildman–Crippen MR) is 74.1 cm³/mol. The molecule has 1 aromatic rings. The minimum atomic E-state index is -0.328. The highest BCUT2D eigenvalue weighted by molar-refractivity contribution is 5.89. The Kier molecular flexibility index (Phi) is 6.04. The molecule has 0 spiro atoms. The molecule has 6 heteroatoms. The predicted octanol–water partition coefficient (Wildman–Crippen LogP) is 1.98. The van der Waals surface area contributed by atoms with E-state index in [1.165, 1.54) is 4.90 Å². The quantitative estimate of drug-likeness (QED) is 0.833. The smallest absolute Gasteiger partial charge is 0.321 e. The number of ether oxygens (including phenoxy) is 1. The summed E-state index contributed by atoms with van der Waals surface area (Å²) in [6, 6.07) is 8.22. The van der Waals surface area contributed by atoms with Crippen molar-refractivity contribution in [1.29, 1.82) is 5.26 Å². The van der Waals surface area contributed by atoms with Crippen LogP contribution in [0.15, 0.2) is 24.3 Å². The van der Waals surface area contributed by atoms with Gasteiger partial charge in [-0.3, -0.25) is 4.79 Å². The van der Waals surface area contributed by atoms with Gasteiger partial charge in [-0.15, -0.1) is 0 Å². The molecule has 0 aliphatic carbocycles. The monoisotopic (exact) mass is 275 g/mol. The molecule has 0 aromatic heterocycles. The van der Waals surface area contributed by atoms with E-state index in [9.17, 15) is 9.59 Å². The van der Waals surface area contributed by atoms with E-state index >= 15 is 0 Å². The lowest BCUT2D eigenvalue weighted by Crippen LogP contribution is -2.33. The van der Waals surface area contributed by atoms with Crippen molar-refractivity contribution in [2.24, 2.45) is 0 Å². The molecule has 0 saturated carbocycles. The zero-order chi connectivity index (χ0) is 15.0. The van der Waals surface area contributed by atoms with Gasteiger partial charge in [-0.05, 0) is 31.2 Å². The number of nitriles is 1.